The van der Waals surface area contributed by atoms with Crippen LogP contribution in [0, 0.1) is 0 Å². The lowest BCUT2D eigenvalue weighted by molar-refractivity contribution is -0.282. The van der Waals surface area contributed by atoms with Gasteiger partial charge in [-0.15, -0.1) is 0 Å². The monoisotopic (exact) mass is 408 g/mol. The molecule has 156 valence electrons. The van der Waals surface area contributed by atoms with Gasteiger partial charge in [0.1, 0.15) is 24.4 Å². The van der Waals surface area contributed by atoms with Crippen LogP contribution in [0.4, 0.5) is 0 Å². The van der Waals surface area contributed by atoms with Gasteiger partial charge in [0.15, 0.2) is 22.9 Å². The lowest BCUT2D eigenvalue weighted by Crippen LogP contribution is -2.63. The van der Waals surface area contributed by atoms with Crippen molar-refractivity contribution < 1.29 is 28.9 Å². The van der Waals surface area contributed by atoms with Gasteiger partial charge in [-0.2, -0.15) is 0 Å². The molecule has 0 aliphatic carbocycles. The first-order chi connectivity index (χ1) is 11.4. The maximum atomic E-state index is 10.6. The molecule has 0 aromatic rings. The second kappa shape index (κ2) is 7.90. The molecule has 1 aliphatic rings. The molecule has 0 radical (unpaired) electrons. The van der Waals surface area contributed by atoms with Crippen molar-refractivity contribution in [3.05, 3.63) is 0 Å². The van der Waals surface area contributed by atoms with E-state index in [1.54, 1.807) is 0 Å². The van der Waals surface area contributed by atoms with Gasteiger partial charge in [-0.25, -0.2) is 0 Å². The standard InChI is InChI=1S/C18H40O6Si2/c1-17(2,3)25(7,8)22-11-12-13(19)14(20)15(16(21)23-12)24-26(9,10)18(4,5)6/h12-16,19-21H,11H2,1-10H3/t12-,13-,14+,15-,16-/m1/s1. The summed E-state index contributed by atoms with van der Waals surface area (Å²) in [5.41, 5.74) is 0. The highest BCUT2D eigenvalue weighted by Gasteiger charge is 2.50. The van der Waals surface area contributed by atoms with Crippen molar-refractivity contribution in [2.75, 3.05) is 6.61 Å². The van der Waals surface area contributed by atoms with Gasteiger partial charge in [-0.1, -0.05) is 41.5 Å². The van der Waals surface area contributed by atoms with Crippen LogP contribution in [-0.2, 0) is 13.6 Å². The van der Waals surface area contributed by atoms with E-state index in [-0.39, 0.29) is 16.7 Å². The molecule has 0 aromatic heterocycles. The molecule has 0 unspecified atom stereocenters. The summed E-state index contributed by atoms with van der Waals surface area (Å²) < 4.78 is 17.8. The van der Waals surface area contributed by atoms with Gasteiger partial charge in [0.2, 0.25) is 0 Å². The third-order valence-corrected chi connectivity index (χ3v) is 15.3. The molecule has 0 bridgehead atoms. The average Bonchev–Trinajstić information content (AvgIpc) is 2.43. The SMILES string of the molecule is CC(C)(C)[Si](C)(C)OC[C@H]1O[C@@H](O)[C@H](O[Si](C)(C)C(C)(C)C)[C@@H](O)[C@@H]1O. The molecule has 0 saturated carbocycles. The highest BCUT2D eigenvalue weighted by Crippen LogP contribution is 2.40. The average molecular weight is 409 g/mol. The van der Waals surface area contributed by atoms with Crippen molar-refractivity contribution in [3.8, 4) is 0 Å². The van der Waals surface area contributed by atoms with E-state index in [4.69, 9.17) is 13.6 Å². The zero-order valence-electron chi connectivity index (χ0n) is 18.2. The zero-order chi connectivity index (χ0) is 20.7. The molecule has 1 saturated heterocycles. The highest BCUT2D eigenvalue weighted by molar-refractivity contribution is 6.74. The fraction of sp³-hybridized carbons (Fsp3) is 1.00. The van der Waals surface area contributed by atoms with Gasteiger partial charge in [0, 0.05) is 0 Å². The Kier molecular flexibility index (Phi) is 7.37. The van der Waals surface area contributed by atoms with Gasteiger partial charge >= 0.3 is 0 Å². The third-order valence-electron chi connectivity index (χ3n) is 6.31. The van der Waals surface area contributed by atoms with Crippen molar-refractivity contribution in [3.63, 3.8) is 0 Å². The number of aliphatic hydroxyl groups excluding tert-OH is 3. The predicted molar refractivity (Wildman–Crippen MR) is 108 cm³/mol. The maximum Gasteiger partial charge on any atom is 0.192 e. The first kappa shape index (κ1) is 24.2. The fourth-order valence-corrected chi connectivity index (χ4v) is 4.51. The van der Waals surface area contributed by atoms with Gasteiger partial charge in [0.25, 0.3) is 0 Å². The Labute approximate surface area is 161 Å². The Bertz CT molecular complexity index is 467. The Balaban J connectivity index is 2.81. The van der Waals surface area contributed by atoms with Crippen molar-refractivity contribution in [1.29, 1.82) is 0 Å². The van der Waals surface area contributed by atoms with Gasteiger partial charge in [0.05, 0.1) is 6.61 Å². The van der Waals surface area contributed by atoms with Gasteiger partial charge in [-0.05, 0) is 36.3 Å². The summed E-state index contributed by atoms with van der Waals surface area (Å²) in [5.74, 6) is 0. The topological polar surface area (TPSA) is 88.4 Å². The number of rotatable bonds is 5. The molecule has 8 heteroatoms. The summed E-state index contributed by atoms with van der Waals surface area (Å²) in [6.07, 6.45) is -5.43. The Morgan fingerprint density at radius 3 is 1.69 bits per heavy atom. The van der Waals surface area contributed by atoms with E-state index >= 15 is 0 Å². The van der Waals surface area contributed by atoms with Crippen LogP contribution in [0.2, 0.25) is 36.3 Å². The molecule has 1 aliphatic heterocycles. The first-order valence-electron chi connectivity index (χ1n) is 9.42. The van der Waals surface area contributed by atoms with E-state index in [1.165, 1.54) is 0 Å². The summed E-state index contributed by atoms with van der Waals surface area (Å²) in [7, 11) is -4.26. The summed E-state index contributed by atoms with van der Waals surface area (Å²) in [5, 5.41) is 31.4. The minimum absolute atomic E-state index is 0.0256. The normalized spacial score (nSPS) is 32.0. The molecular weight excluding hydrogens is 368 g/mol. The Morgan fingerprint density at radius 2 is 1.27 bits per heavy atom. The van der Waals surface area contributed by atoms with E-state index in [0.29, 0.717) is 0 Å². The maximum absolute atomic E-state index is 10.6. The fourth-order valence-electron chi connectivity index (χ4n) is 2.21. The van der Waals surface area contributed by atoms with Crippen LogP contribution in [0.25, 0.3) is 0 Å². The van der Waals surface area contributed by atoms with E-state index < -0.39 is 47.3 Å². The molecule has 1 fully saturated rings. The smallest absolute Gasteiger partial charge is 0.192 e. The molecular formula is C18H40O6Si2. The minimum Gasteiger partial charge on any atom is -0.414 e. The van der Waals surface area contributed by atoms with Crippen molar-refractivity contribution in [2.24, 2.45) is 0 Å². The van der Waals surface area contributed by atoms with Crippen LogP contribution in [0.15, 0.2) is 0 Å². The Morgan fingerprint density at radius 1 is 0.808 bits per heavy atom. The van der Waals surface area contributed by atoms with E-state index in [2.05, 4.69) is 54.6 Å². The first-order valence-corrected chi connectivity index (χ1v) is 15.2. The second-order valence-electron chi connectivity index (χ2n) is 10.5. The predicted octanol–water partition coefficient (Wildman–Crippen LogP) is 2.84. The lowest BCUT2D eigenvalue weighted by Gasteiger charge is -2.47. The van der Waals surface area contributed by atoms with Crippen LogP contribution >= 0.6 is 0 Å². The van der Waals surface area contributed by atoms with Crippen LogP contribution in [0.3, 0.4) is 0 Å². The summed E-state index contributed by atoms with van der Waals surface area (Å²) >= 11 is 0. The van der Waals surface area contributed by atoms with Crippen molar-refractivity contribution in [2.45, 2.75) is 109 Å². The molecule has 5 atom stereocenters. The minimum atomic E-state index is -2.24. The molecule has 6 nitrogen and oxygen atoms in total. The quantitative estimate of drug-likeness (QED) is 0.606. The number of hydrogen-bond donors (Lipinski definition) is 3. The number of aliphatic hydroxyl groups is 3. The van der Waals surface area contributed by atoms with Crippen LogP contribution in [0.1, 0.15) is 41.5 Å². The van der Waals surface area contributed by atoms with E-state index in [1.807, 2.05) is 13.1 Å². The zero-order valence-corrected chi connectivity index (χ0v) is 20.2. The van der Waals surface area contributed by atoms with Crippen LogP contribution < -0.4 is 0 Å². The Hall–Kier alpha value is 0.194. The number of ether oxygens (including phenoxy) is 1. The van der Waals surface area contributed by atoms with Gasteiger partial charge in [-0.3, -0.25) is 0 Å². The van der Waals surface area contributed by atoms with Crippen molar-refractivity contribution in [1.82, 2.24) is 0 Å². The van der Waals surface area contributed by atoms with Crippen LogP contribution in [0.5, 0.6) is 0 Å². The van der Waals surface area contributed by atoms with Crippen LogP contribution in [-0.4, -0.2) is 69.3 Å². The van der Waals surface area contributed by atoms with Crippen molar-refractivity contribution >= 4 is 16.6 Å². The number of hydrogen-bond acceptors (Lipinski definition) is 6. The van der Waals surface area contributed by atoms with E-state index in [0.717, 1.165) is 0 Å². The largest absolute Gasteiger partial charge is 0.414 e. The molecule has 0 spiro atoms. The van der Waals surface area contributed by atoms with E-state index in [9.17, 15) is 15.3 Å². The molecule has 26 heavy (non-hydrogen) atoms. The molecule has 0 amide bonds. The summed E-state index contributed by atoms with van der Waals surface area (Å²) in [6, 6.07) is 0. The molecule has 3 N–H and O–H groups in total. The molecule has 1 rings (SSSR count). The second-order valence-corrected chi connectivity index (χ2v) is 20.0. The third kappa shape index (κ3) is 5.38. The summed E-state index contributed by atoms with van der Waals surface area (Å²) in [4.78, 5) is 0. The summed E-state index contributed by atoms with van der Waals surface area (Å²) in [6.45, 7) is 21.0. The lowest BCUT2D eigenvalue weighted by atomic mass is 9.99. The molecule has 0 aromatic carbocycles. The highest BCUT2D eigenvalue weighted by atomic mass is 28.4. The molecule has 1 heterocycles. The van der Waals surface area contributed by atoms with Gasteiger partial charge < -0.3 is 28.9 Å².